The van der Waals surface area contributed by atoms with Gasteiger partial charge in [-0.1, -0.05) is 40.5 Å². The van der Waals surface area contributed by atoms with Gasteiger partial charge in [-0.25, -0.2) is 0 Å². The standard InChI is InChI=1S/2C5H12O/c2*1-3-5(2)4-6/h2*5-6H,3-4H2,1-2H3. The van der Waals surface area contributed by atoms with Crippen molar-refractivity contribution in [1.82, 2.24) is 0 Å². The molecule has 2 unspecified atom stereocenters. The lowest BCUT2D eigenvalue weighted by molar-refractivity contribution is 0.234. The summed E-state index contributed by atoms with van der Waals surface area (Å²) in [5.74, 6) is 0.981. The molecule has 0 spiro atoms. The third-order valence-corrected chi connectivity index (χ3v) is 2.02. The van der Waals surface area contributed by atoms with Crippen LogP contribution in [0.2, 0.25) is 0 Å². The summed E-state index contributed by atoms with van der Waals surface area (Å²) in [6.45, 7) is 8.86. The van der Waals surface area contributed by atoms with E-state index < -0.39 is 0 Å². The SMILES string of the molecule is CCC(C)CO.CCC(C)CO. The maximum atomic E-state index is 8.33. The van der Waals surface area contributed by atoms with E-state index in [-0.39, 0.29) is 0 Å². The van der Waals surface area contributed by atoms with Gasteiger partial charge < -0.3 is 10.2 Å². The Bertz CT molecular complexity index is 56.2. The van der Waals surface area contributed by atoms with Crippen molar-refractivity contribution < 1.29 is 10.2 Å². The van der Waals surface area contributed by atoms with E-state index in [0.717, 1.165) is 12.8 Å². The molecule has 0 aliphatic heterocycles. The lowest BCUT2D eigenvalue weighted by atomic mass is 10.1. The highest BCUT2D eigenvalue weighted by Gasteiger charge is 1.90. The van der Waals surface area contributed by atoms with Gasteiger partial charge in [-0.3, -0.25) is 0 Å². The Morgan fingerprint density at radius 2 is 1.08 bits per heavy atom. The number of hydrogen-bond donors (Lipinski definition) is 2. The highest BCUT2D eigenvalue weighted by atomic mass is 16.3. The summed E-state index contributed by atoms with van der Waals surface area (Å²) in [5, 5.41) is 16.7. The van der Waals surface area contributed by atoms with Crippen molar-refractivity contribution in [3.05, 3.63) is 0 Å². The summed E-state index contributed by atoms with van der Waals surface area (Å²) in [7, 11) is 0. The molecule has 0 amide bonds. The summed E-state index contributed by atoms with van der Waals surface area (Å²) < 4.78 is 0. The van der Waals surface area contributed by atoms with Crippen LogP contribution in [0.3, 0.4) is 0 Å². The molecular weight excluding hydrogens is 152 g/mol. The number of aliphatic hydroxyl groups is 2. The molecule has 0 rings (SSSR count). The van der Waals surface area contributed by atoms with Crippen LogP contribution in [0.4, 0.5) is 0 Å². The van der Waals surface area contributed by atoms with E-state index in [1.807, 2.05) is 13.8 Å². The van der Waals surface area contributed by atoms with Crippen LogP contribution in [0.5, 0.6) is 0 Å². The van der Waals surface area contributed by atoms with Crippen molar-refractivity contribution in [2.45, 2.75) is 40.5 Å². The Balaban J connectivity index is 0. The van der Waals surface area contributed by atoms with Crippen molar-refractivity contribution >= 4 is 0 Å². The van der Waals surface area contributed by atoms with Crippen molar-refractivity contribution in [1.29, 1.82) is 0 Å². The van der Waals surface area contributed by atoms with Gasteiger partial charge in [-0.05, 0) is 11.8 Å². The van der Waals surface area contributed by atoms with Gasteiger partial charge in [0.1, 0.15) is 0 Å². The molecule has 0 bridgehead atoms. The molecule has 0 aromatic heterocycles. The molecule has 0 radical (unpaired) electrons. The van der Waals surface area contributed by atoms with E-state index in [9.17, 15) is 0 Å². The molecule has 0 aromatic carbocycles. The minimum Gasteiger partial charge on any atom is -0.396 e. The number of rotatable bonds is 4. The second kappa shape index (κ2) is 10.9. The van der Waals surface area contributed by atoms with Crippen LogP contribution in [0.1, 0.15) is 40.5 Å². The molecule has 0 saturated heterocycles. The average molecular weight is 176 g/mol. The smallest absolute Gasteiger partial charge is 0.0456 e. The summed E-state index contributed by atoms with van der Waals surface area (Å²) in [5.41, 5.74) is 0. The molecule has 0 aliphatic carbocycles. The molecule has 76 valence electrons. The molecule has 0 fully saturated rings. The molecule has 2 nitrogen and oxygen atoms in total. The summed E-state index contributed by atoms with van der Waals surface area (Å²) >= 11 is 0. The maximum absolute atomic E-state index is 8.33. The van der Waals surface area contributed by atoms with Crippen LogP contribution < -0.4 is 0 Å². The van der Waals surface area contributed by atoms with Crippen LogP contribution in [0.15, 0.2) is 0 Å². The fraction of sp³-hybridized carbons (Fsp3) is 1.00. The predicted octanol–water partition coefficient (Wildman–Crippen LogP) is 2.05. The Morgan fingerprint density at radius 3 is 1.08 bits per heavy atom. The predicted molar refractivity (Wildman–Crippen MR) is 53.1 cm³/mol. The van der Waals surface area contributed by atoms with Crippen molar-refractivity contribution in [3.8, 4) is 0 Å². The first-order valence-corrected chi connectivity index (χ1v) is 4.83. The molecule has 0 heterocycles. The van der Waals surface area contributed by atoms with Gasteiger partial charge >= 0.3 is 0 Å². The Morgan fingerprint density at radius 1 is 0.833 bits per heavy atom. The Labute approximate surface area is 76.6 Å². The zero-order chi connectivity index (χ0) is 9.98. The van der Waals surface area contributed by atoms with Crippen LogP contribution in [0.25, 0.3) is 0 Å². The van der Waals surface area contributed by atoms with E-state index in [2.05, 4.69) is 13.8 Å². The van der Waals surface area contributed by atoms with Gasteiger partial charge in [0.25, 0.3) is 0 Å². The van der Waals surface area contributed by atoms with Crippen molar-refractivity contribution in [2.24, 2.45) is 11.8 Å². The fourth-order valence-electron chi connectivity index (χ4n) is 0.258. The van der Waals surface area contributed by atoms with E-state index in [1.165, 1.54) is 0 Å². The number of hydrogen-bond acceptors (Lipinski definition) is 2. The summed E-state index contributed by atoms with van der Waals surface area (Å²) in [4.78, 5) is 0. The molecule has 2 atom stereocenters. The van der Waals surface area contributed by atoms with Crippen molar-refractivity contribution in [2.75, 3.05) is 13.2 Å². The van der Waals surface area contributed by atoms with Crippen LogP contribution in [-0.4, -0.2) is 23.4 Å². The molecule has 0 saturated carbocycles. The first-order valence-electron chi connectivity index (χ1n) is 4.83. The van der Waals surface area contributed by atoms with E-state index >= 15 is 0 Å². The highest BCUT2D eigenvalue weighted by Crippen LogP contribution is 1.95. The third-order valence-electron chi connectivity index (χ3n) is 2.02. The molecule has 0 aromatic rings. The molecule has 2 N–H and O–H groups in total. The minimum absolute atomic E-state index is 0.330. The molecule has 2 heteroatoms. The first kappa shape index (κ1) is 14.4. The Hall–Kier alpha value is -0.0800. The van der Waals surface area contributed by atoms with E-state index in [4.69, 9.17) is 10.2 Å². The second-order valence-electron chi connectivity index (χ2n) is 3.39. The quantitative estimate of drug-likeness (QED) is 0.688. The van der Waals surface area contributed by atoms with Gasteiger partial charge in [-0.15, -0.1) is 0 Å². The zero-order valence-electron chi connectivity index (χ0n) is 8.88. The minimum atomic E-state index is 0.330. The highest BCUT2D eigenvalue weighted by molar-refractivity contribution is 4.42. The van der Waals surface area contributed by atoms with E-state index in [0.29, 0.717) is 25.0 Å². The second-order valence-corrected chi connectivity index (χ2v) is 3.39. The van der Waals surface area contributed by atoms with E-state index in [1.54, 1.807) is 0 Å². The van der Waals surface area contributed by atoms with Crippen LogP contribution in [0, 0.1) is 11.8 Å². The summed E-state index contributed by atoms with van der Waals surface area (Å²) in [6.07, 6.45) is 2.16. The normalized spacial score (nSPS) is 14.5. The lowest BCUT2D eigenvalue weighted by Crippen LogP contribution is -1.96. The van der Waals surface area contributed by atoms with Crippen LogP contribution >= 0.6 is 0 Å². The first-order chi connectivity index (χ1) is 5.62. The van der Waals surface area contributed by atoms with Gasteiger partial charge in [0.15, 0.2) is 0 Å². The maximum Gasteiger partial charge on any atom is 0.0456 e. The molecule has 0 aliphatic rings. The average Bonchev–Trinajstić information content (AvgIpc) is 2.16. The van der Waals surface area contributed by atoms with Gasteiger partial charge in [0.2, 0.25) is 0 Å². The van der Waals surface area contributed by atoms with Gasteiger partial charge in [0.05, 0.1) is 0 Å². The Kier molecular flexibility index (Phi) is 13.1. The lowest BCUT2D eigenvalue weighted by Gasteiger charge is -1.98. The van der Waals surface area contributed by atoms with Gasteiger partial charge in [-0.2, -0.15) is 0 Å². The topological polar surface area (TPSA) is 40.5 Å². The largest absolute Gasteiger partial charge is 0.396 e. The monoisotopic (exact) mass is 176 g/mol. The molecular formula is C10H24O2. The van der Waals surface area contributed by atoms with Gasteiger partial charge in [0, 0.05) is 13.2 Å². The number of aliphatic hydroxyl groups excluding tert-OH is 2. The van der Waals surface area contributed by atoms with Crippen molar-refractivity contribution in [3.63, 3.8) is 0 Å². The summed E-state index contributed by atoms with van der Waals surface area (Å²) in [6, 6.07) is 0. The third kappa shape index (κ3) is 12.6. The fourth-order valence-corrected chi connectivity index (χ4v) is 0.258. The zero-order valence-corrected chi connectivity index (χ0v) is 8.88. The molecule has 12 heavy (non-hydrogen) atoms. The van der Waals surface area contributed by atoms with Crippen LogP contribution in [-0.2, 0) is 0 Å².